The Hall–Kier alpha value is -3.11. The zero-order valence-corrected chi connectivity index (χ0v) is 16.5. The van der Waals surface area contributed by atoms with E-state index in [9.17, 15) is 26.0 Å². The molecule has 5 nitrogen and oxygen atoms in total. The first kappa shape index (κ1) is 21.6. The van der Waals surface area contributed by atoms with Crippen LogP contribution < -0.4 is 14.6 Å². The van der Waals surface area contributed by atoms with Crippen LogP contribution in [0.3, 0.4) is 0 Å². The minimum atomic E-state index is -4.41. The summed E-state index contributed by atoms with van der Waals surface area (Å²) in [5.74, 6) is -7.26. The van der Waals surface area contributed by atoms with E-state index < -0.39 is 54.9 Å². The van der Waals surface area contributed by atoms with E-state index in [0.29, 0.717) is 0 Å². The van der Waals surface area contributed by atoms with Crippen molar-refractivity contribution in [3.63, 3.8) is 0 Å². The third-order valence-corrected chi connectivity index (χ3v) is 5.37. The van der Waals surface area contributed by atoms with Crippen molar-refractivity contribution in [2.24, 2.45) is 5.14 Å². The Balaban J connectivity index is 2.48. The van der Waals surface area contributed by atoms with Gasteiger partial charge in [0.2, 0.25) is 10.0 Å². The van der Waals surface area contributed by atoms with E-state index in [1.54, 1.807) is 0 Å². The standard InChI is InChI=1S/C20H15F4NO4S/c1-28-12-8-7-10(9-13(12)29-2)15-16(18(22)20(24)19(23)17(15)21)11-5-3-4-6-14(11)30(25,26)27/h3-9H,1-2H3,(H2,25,26,27). The first-order chi connectivity index (χ1) is 14.1. The summed E-state index contributed by atoms with van der Waals surface area (Å²) in [5, 5.41) is 5.17. The van der Waals surface area contributed by atoms with E-state index in [1.807, 2.05) is 0 Å². The van der Waals surface area contributed by atoms with Crippen LogP contribution in [0.25, 0.3) is 22.3 Å². The molecule has 0 amide bonds. The fourth-order valence-electron chi connectivity index (χ4n) is 3.07. The lowest BCUT2D eigenvalue weighted by atomic mass is 9.92. The van der Waals surface area contributed by atoms with E-state index in [1.165, 1.54) is 44.6 Å². The fraction of sp³-hybridized carbons (Fsp3) is 0.100. The molecule has 0 spiro atoms. The Kier molecular flexibility index (Phi) is 5.73. The topological polar surface area (TPSA) is 78.6 Å². The van der Waals surface area contributed by atoms with Gasteiger partial charge in [0.1, 0.15) is 0 Å². The van der Waals surface area contributed by atoms with Crippen LogP contribution in [0.4, 0.5) is 17.6 Å². The summed E-state index contributed by atoms with van der Waals surface area (Å²) in [4.78, 5) is -0.587. The predicted octanol–water partition coefficient (Wildman–Crippen LogP) is 4.24. The lowest BCUT2D eigenvalue weighted by molar-refractivity contribution is 0.355. The van der Waals surface area contributed by atoms with Crippen LogP contribution >= 0.6 is 0 Å². The number of hydrogen-bond acceptors (Lipinski definition) is 4. The number of primary sulfonamides is 1. The van der Waals surface area contributed by atoms with Crippen molar-refractivity contribution >= 4 is 10.0 Å². The van der Waals surface area contributed by atoms with Gasteiger partial charge in [0.15, 0.2) is 34.8 Å². The van der Waals surface area contributed by atoms with Gasteiger partial charge in [-0.2, -0.15) is 0 Å². The number of sulfonamides is 1. The van der Waals surface area contributed by atoms with Crippen molar-refractivity contribution in [3.05, 3.63) is 65.7 Å². The molecule has 0 atom stereocenters. The van der Waals surface area contributed by atoms with Gasteiger partial charge in [0.25, 0.3) is 0 Å². The summed E-state index contributed by atoms with van der Waals surface area (Å²) in [5.41, 5.74) is -2.05. The molecular formula is C20H15F4NO4S. The van der Waals surface area contributed by atoms with Gasteiger partial charge >= 0.3 is 0 Å². The number of hydrogen-bond donors (Lipinski definition) is 1. The summed E-state index contributed by atoms with van der Waals surface area (Å²) >= 11 is 0. The average Bonchev–Trinajstić information content (AvgIpc) is 2.73. The van der Waals surface area contributed by atoms with Crippen molar-refractivity contribution in [2.75, 3.05) is 14.2 Å². The highest BCUT2D eigenvalue weighted by Gasteiger charge is 2.30. The third-order valence-electron chi connectivity index (χ3n) is 4.40. The van der Waals surface area contributed by atoms with Crippen LogP contribution in [0.1, 0.15) is 0 Å². The molecule has 0 saturated carbocycles. The molecular weight excluding hydrogens is 426 g/mol. The lowest BCUT2D eigenvalue weighted by Crippen LogP contribution is -2.14. The normalized spacial score (nSPS) is 11.4. The van der Waals surface area contributed by atoms with Crippen LogP contribution in [0.2, 0.25) is 0 Å². The summed E-state index contributed by atoms with van der Waals surface area (Å²) < 4.78 is 92.1. The monoisotopic (exact) mass is 441 g/mol. The van der Waals surface area contributed by atoms with Gasteiger partial charge in [-0.3, -0.25) is 0 Å². The van der Waals surface area contributed by atoms with Crippen LogP contribution in [-0.4, -0.2) is 22.6 Å². The molecule has 3 aromatic carbocycles. The summed E-state index contributed by atoms with van der Waals surface area (Å²) in [6.07, 6.45) is 0. The Bertz CT molecular complexity index is 1250. The first-order valence-electron chi connectivity index (χ1n) is 8.32. The van der Waals surface area contributed by atoms with E-state index >= 15 is 0 Å². The second-order valence-corrected chi connectivity index (χ2v) is 7.65. The Morgan fingerprint density at radius 1 is 0.767 bits per heavy atom. The molecule has 30 heavy (non-hydrogen) atoms. The zero-order chi connectivity index (χ0) is 22.2. The van der Waals surface area contributed by atoms with Gasteiger partial charge in [0, 0.05) is 16.7 Å². The van der Waals surface area contributed by atoms with Gasteiger partial charge in [0.05, 0.1) is 19.1 Å². The Morgan fingerprint density at radius 2 is 1.33 bits per heavy atom. The number of halogens is 4. The van der Waals surface area contributed by atoms with Gasteiger partial charge in [-0.1, -0.05) is 24.3 Å². The largest absolute Gasteiger partial charge is 0.493 e. The number of benzene rings is 3. The molecule has 0 bridgehead atoms. The van der Waals surface area contributed by atoms with Crippen molar-refractivity contribution in [2.45, 2.75) is 4.90 Å². The number of methoxy groups -OCH3 is 2. The summed E-state index contributed by atoms with van der Waals surface area (Å²) in [7, 11) is -1.76. The number of ether oxygens (including phenoxy) is 2. The average molecular weight is 441 g/mol. The number of rotatable bonds is 5. The van der Waals surface area contributed by atoms with E-state index in [2.05, 4.69) is 0 Å². The van der Waals surface area contributed by atoms with Crippen molar-refractivity contribution in [1.29, 1.82) is 0 Å². The van der Waals surface area contributed by atoms with Crippen molar-refractivity contribution < 1.29 is 35.5 Å². The van der Waals surface area contributed by atoms with Crippen molar-refractivity contribution in [3.8, 4) is 33.8 Å². The molecule has 0 aliphatic carbocycles. The van der Waals surface area contributed by atoms with Crippen LogP contribution in [0.15, 0.2) is 47.4 Å². The molecule has 0 fully saturated rings. The minimum absolute atomic E-state index is 0.102. The van der Waals surface area contributed by atoms with E-state index in [-0.39, 0.29) is 17.1 Å². The van der Waals surface area contributed by atoms with Gasteiger partial charge in [-0.15, -0.1) is 0 Å². The SMILES string of the molecule is COc1ccc(-c2c(F)c(F)c(F)c(F)c2-c2ccccc2S(N)(=O)=O)cc1OC. The number of nitrogens with two attached hydrogens (primary N) is 1. The molecule has 0 unspecified atom stereocenters. The predicted molar refractivity (Wildman–Crippen MR) is 102 cm³/mol. The fourth-order valence-corrected chi connectivity index (χ4v) is 3.81. The molecule has 0 heterocycles. The maximum absolute atomic E-state index is 14.9. The highest BCUT2D eigenvalue weighted by Crippen LogP contribution is 2.43. The molecule has 3 aromatic rings. The lowest BCUT2D eigenvalue weighted by Gasteiger charge is -2.17. The molecule has 0 saturated heterocycles. The molecule has 0 aliphatic rings. The molecule has 3 rings (SSSR count). The summed E-state index contributed by atoms with van der Waals surface area (Å²) in [6, 6.07) is 8.61. The van der Waals surface area contributed by atoms with Gasteiger partial charge < -0.3 is 9.47 Å². The Morgan fingerprint density at radius 3 is 1.90 bits per heavy atom. The second kappa shape index (κ2) is 7.96. The maximum Gasteiger partial charge on any atom is 0.238 e. The van der Waals surface area contributed by atoms with E-state index in [4.69, 9.17) is 14.6 Å². The minimum Gasteiger partial charge on any atom is -0.493 e. The first-order valence-corrected chi connectivity index (χ1v) is 9.87. The van der Waals surface area contributed by atoms with Gasteiger partial charge in [-0.25, -0.2) is 31.1 Å². The quantitative estimate of drug-likeness (QED) is 0.365. The smallest absolute Gasteiger partial charge is 0.238 e. The van der Waals surface area contributed by atoms with Gasteiger partial charge in [-0.05, 0) is 23.8 Å². The highest BCUT2D eigenvalue weighted by molar-refractivity contribution is 7.89. The molecule has 158 valence electrons. The van der Waals surface area contributed by atoms with Crippen LogP contribution in [-0.2, 0) is 10.0 Å². The molecule has 0 aliphatic heterocycles. The summed E-state index contributed by atoms with van der Waals surface area (Å²) in [6.45, 7) is 0. The van der Waals surface area contributed by atoms with Crippen molar-refractivity contribution in [1.82, 2.24) is 0 Å². The molecule has 0 aromatic heterocycles. The maximum atomic E-state index is 14.9. The highest BCUT2D eigenvalue weighted by atomic mass is 32.2. The van der Waals surface area contributed by atoms with Crippen LogP contribution in [0, 0.1) is 23.3 Å². The van der Waals surface area contributed by atoms with Crippen LogP contribution in [0.5, 0.6) is 11.5 Å². The third kappa shape index (κ3) is 3.59. The molecule has 2 N–H and O–H groups in total. The second-order valence-electron chi connectivity index (χ2n) is 6.12. The molecule has 10 heteroatoms. The zero-order valence-electron chi connectivity index (χ0n) is 15.7. The van der Waals surface area contributed by atoms with E-state index in [0.717, 1.165) is 12.1 Å². The molecule has 0 radical (unpaired) electrons. The Labute approximate surface area is 169 Å².